The van der Waals surface area contributed by atoms with Crippen molar-refractivity contribution in [3.05, 3.63) is 57.1 Å². The maximum Gasteiger partial charge on any atom is 0.342 e. The van der Waals surface area contributed by atoms with Gasteiger partial charge in [0, 0.05) is 11.6 Å². The summed E-state index contributed by atoms with van der Waals surface area (Å²) in [4.78, 5) is 34.3. The van der Waals surface area contributed by atoms with Gasteiger partial charge in [-0.3, -0.25) is 10.1 Å². The number of carboxylic acids is 1. The molecule has 0 aromatic heterocycles. The van der Waals surface area contributed by atoms with Crippen LogP contribution < -0.4 is 0 Å². The number of nitro groups is 1. The van der Waals surface area contributed by atoms with E-state index in [9.17, 15) is 29.9 Å². The lowest BCUT2D eigenvalue weighted by atomic mass is 9.89. The van der Waals surface area contributed by atoms with Crippen LogP contribution in [0.2, 0.25) is 0 Å². The van der Waals surface area contributed by atoms with Crippen LogP contribution in [0.25, 0.3) is 11.1 Å². The summed E-state index contributed by atoms with van der Waals surface area (Å²) in [6.07, 6.45) is 0. The molecule has 2 N–H and O–H groups in total. The number of esters is 1. The second-order valence-electron chi connectivity index (χ2n) is 4.91. The Kier molecular flexibility index (Phi) is 4.50. The van der Waals surface area contributed by atoms with E-state index in [-0.39, 0.29) is 22.3 Å². The summed E-state index contributed by atoms with van der Waals surface area (Å²) < 4.78 is 4.59. The van der Waals surface area contributed by atoms with Gasteiger partial charge in [-0.1, -0.05) is 12.1 Å². The fraction of sp³-hybridized carbons (Fsp3) is 0.125. The summed E-state index contributed by atoms with van der Waals surface area (Å²) in [5, 5.41) is 30.9. The molecular formula is C16H13NO7. The van der Waals surface area contributed by atoms with Gasteiger partial charge in [-0.05, 0) is 24.6 Å². The van der Waals surface area contributed by atoms with E-state index in [2.05, 4.69) is 4.74 Å². The maximum atomic E-state index is 12.1. The molecule has 0 saturated carbocycles. The van der Waals surface area contributed by atoms with Crippen molar-refractivity contribution in [2.75, 3.05) is 7.11 Å². The molecule has 2 aromatic rings. The molecule has 0 aliphatic carbocycles. The quantitative estimate of drug-likeness (QED) is 0.501. The lowest BCUT2D eigenvalue weighted by molar-refractivity contribution is -0.384. The van der Waals surface area contributed by atoms with E-state index in [0.717, 1.165) is 13.2 Å². The molecule has 0 saturated heterocycles. The highest BCUT2D eigenvalue weighted by molar-refractivity contribution is 6.09. The summed E-state index contributed by atoms with van der Waals surface area (Å²) in [7, 11) is 1.06. The number of methoxy groups -OCH3 is 1. The highest BCUT2D eigenvalue weighted by atomic mass is 16.6. The van der Waals surface area contributed by atoms with E-state index in [0.29, 0.717) is 0 Å². The minimum atomic E-state index is -1.38. The predicted octanol–water partition coefficient (Wildman–Crippen LogP) is 2.76. The number of aryl methyl sites for hydroxylation is 1. The van der Waals surface area contributed by atoms with E-state index < -0.39 is 33.9 Å². The molecule has 124 valence electrons. The fourth-order valence-electron chi connectivity index (χ4n) is 2.50. The van der Waals surface area contributed by atoms with Crippen LogP contribution in [0.1, 0.15) is 26.3 Å². The van der Waals surface area contributed by atoms with Crippen molar-refractivity contribution < 1.29 is 29.5 Å². The predicted molar refractivity (Wildman–Crippen MR) is 83.2 cm³/mol. The number of phenols is 1. The molecule has 0 aliphatic rings. The van der Waals surface area contributed by atoms with Gasteiger partial charge in [-0.25, -0.2) is 9.59 Å². The summed E-state index contributed by atoms with van der Waals surface area (Å²) in [6, 6.07) is 6.48. The van der Waals surface area contributed by atoms with Gasteiger partial charge in [-0.15, -0.1) is 0 Å². The van der Waals surface area contributed by atoms with Crippen LogP contribution in [0.4, 0.5) is 5.69 Å². The number of hydrogen-bond acceptors (Lipinski definition) is 6. The lowest BCUT2D eigenvalue weighted by Crippen LogP contribution is -2.12. The molecule has 2 rings (SSSR count). The standard InChI is InChI=1S/C16H13NO7/c1-8-7-11(18)14(16(21)24-2)13(12(8)15(19)20)9-5-3-4-6-10(9)17(22)23/h3-7,18H,1-2H3,(H,19,20). The first kappa shape index (κ1) is 16.9. The van der Waals surface area contributed by atoms with E-state index in [4.69, 9.17) is 0 Å². The second-order valence-corrected chi connectivity index (χ2v) is 4.91. The molecule has 24 heavy (non-hydrogen) atoms. The number of para-hydroxylation sites is 1. The van der Waals surface area contributed by atoms with Crippen molar-refractivity contribution in [1.82, 2.24) is 0 Å². The topological polar surface area (TPSA) is 127 Å². The third kappa shape index (κ3) is 2.76. The minimum Gasteiger partial charge on any atom is -0.507 e. The Labute approximate surface area is 136 Å². The normalized spacial score (nSPS) is 10.2. The Morgan fingerprint density at radius 3 is 2.38 bits per heavy atom. The average Bonchev–Trinajstić information content (AvgIpc) is 2.52. The van der Waals surface area contributed by atoms with E-state index >= 15 is 0 Å². The largest absolute Gasteiger partial charge is 0.507 e. The Morgan fingerprint density at radius 1 is 1.21 bits per heavy atom. The van der Waals surface area contributed by atoms with Crippen LogP contribution in [0.5, 0.6) is 5.75 Å². The highest BCUT2D eigenvalue weighted by Crippen LogP contribution is 2.40. The number of aromatic hydroxyl groups is 1. The van der Waals surface area contributed by atoms with Crippen molar-refractivity contribution in [2.45, 2.75) is 6.92 Å². The molecule has 2 aromatic carbocycles. The number of aromatic carboxylic acids is 1. The number of ether oxygens (including phenoxy) is 1. The molecular weight excluding hydrogens is 318 g/mol. The van der Waals surface area contributed by atoms with Crippen molar-refractivity contribution in [3.63, 3.8) is 0 Å². The molecule has 0 fully saturated rings. The van der Waals surface area contributed by atoms with Crippen LogP contribution in [0.3, 0.4) is 0 Å². The van der Waals surface area contributed by atoms with Crippen molar-refractivity contribution >= 4 is 17.6 Å². The summed E-state index contributed by atoms with van der Waals surface area (Å²) in [5.74, 6) is -2.90. The fourth-order valence-corrected chi connectivity index (χ4v) is 2.50. The molecule has 0 aliphatic heterocycles. The Hall–Kier alpha value is -3.42. The zero-order valence-electron chi connectivity index (χ0n) is 12.8. The number of carbonyl (C=O) groups excluding carboxylic acids is 1. The van der Waals surface area contributed by atoms with Gasteiger partial charge in [-0.2, -0.15) is 0 Å². The van der Waals surface area contributed by atoms with Gasteiger partial charge in [0.15, 0.2) is 0 Å². The number of hydrogen-bond donors (Lipinski definition) is 2. The summed E-state index contributed by atoms with van der Waals surface area (Å²) in [6.45, 7) is 1.42. The number of nitro benzene ring substituents is 1. The minimum absolute atomic E-state index is 0.0979. The molecule has 8 heteroatoms. The number of carbonyl (C=O) groups is 2. The van der Waals surface area contributed by atoms with Gasteiger partial charge in [0.05, 0.1) is 23.2 Å². The van der Waals surface area contributed by atoms with Crippen molar-refractivity contribution in [2.24, 2.45) is 0 Å². The van der Waals surface area contributed by atoms with Gasteiger partial charge < -0.3 is 14.9 Å². The third-order valence-electron chi connectivity index (χ3n) is 3.48. The second kappa shape index (κ2) is 6.37. The molecule has 8 nitrogen and oxygen atoms in total. The first-order valence-electron chi connectivity index (χ1n) is 6.71. The Morgan fingerprint density at radius 2 is 1.83 bits per heavy atom. The zero-order chi connectivity index (χ0) is 18.0. The van der Waals surface area contributed by atoms with Crippen LogP contribution in [-0.2, 0) is 4.74 Å². The van der Waals surface area contributed by atoms with Crippen LogP contribution >= 0.6 is 0 Å². The molecule has 0 amide bonds. The SMILES string of the molecule is COC(=O)c1c(O)cc(C)c(C(=O)O)c1-c1ccccc1[N+](=O)[O-]. The zero-order valence-corrected chi connectivity index (χ0v) is 12.8. The Balaban J connectivity index is 3.03. The monoisotopic (exact) mass is 331 g/mol. The lowest BCUT2D eigenvalue weighted by Gasteiger charge is -2.15. The first-order valence-corrected chi connectivity index (χ1v) is 6.71. The number of phenolic OH excluding ortho intramolecular Hbond substituents is 1. The van der Waals surface area contributed by atoms with Crippen LogP contribution in [-0.4, -0.2) is 34.2 Å². The number of carboxylic acid groups (broad SMARTS) is 1. The van der Waals surface area contributed by atoms with E-state index in [1.165, 1.54) is 31.2 Å². The molecule has 0 bridgehead atoms. The smallest absolute Gasteiger partial charge is 0.342 e. The van der Waals surface area contributed by atoms with E-state index in [1.807, 2.05) is 0 Å². The summed E-state index contributed by atoms with van der Waals surface area (Å²) in [5.41, 5.74) is -1.34. The highest BCUT2D eigenvalue weighted by Gasteiger charge is 2.30. The van der Waals surface area contributed by atoms with Crippen molar-refractivity contribution in [1.29, 1.82) is 0 Å². The van der Waals surface area contributed by atoms with Crippen LogP contribution in [0.15, 0.2) is 30.3 Å². The molecule has 0 unspecified atom stereocenters. The Bertz CT molecular complexity index is 858. The molecule has 0 spiro atoms. The first-order chi connectivity index (χ1) is 11.3. The van der Waals surface area contributed by atoms with Gasteiger partial charge in [0.1, 0.15) is 11.3 Å². The number of nitrogens with zero attached hydrogens (tertiary/aromatic N) is 1. The summed E-state index contributed by atoms with van der Waals surface area (Å²) >= 11 is 0. The number of rotatable bonds is 4. The van der Waals surface area contributed by atoms with Gasteiger partial charge in [0.25, 0.3) is 5.69 Å². The number of benzene rings is 2. The molecule has 0 atom stereocenters. The van der Waals surface area contributed by atoms with Gasteiger partial charge in [0.2, 0.25) is 0 Å². The molecule has 0 radical (unpaired) electrons. The average molecular weight is 331 g/mol. The third-order valence-corrected chi connectivity index (χ3v) is 3.48. The molecule has 0 heterocycles. The van der Waals surface area contributed by atoms with Gasteiger partial charge >= 0.3 is 11.9 Å². The maximum absolute atomic E-state index is 12.1. The van der Waals surface area contributed by atoms with E-state index in [1.54, 1.807) is 0 Å². The van der Waals surface area contributed by atoms with Crippen LogP contribution in [0, 0.1) is 17.0 Å². The van der Waals surface area contributed by atoms with Crippen molar-refractivity contribution in [3.8, 4) is 16.9 Å².